The van der Waals surface area contributed by atoms with Crippen LogP contribution in [0.4, 0.5) is 0 Å². The summed E-state index contributed by atoms with van der Waals surface area (Å²) >= 11 is 0. The van der Waals surface area contributed by atoms with Crippen molar-refractivity contribution in [3.8, 4) is 0 Å². The molecule has 0 radical (unpaired) electrons. The summed E-state index contributed by atoms with van der Waals surface area (Å²) in [5.74, 6) is 0. The lowest BCUT2D eigenvalue weighted by atomic mass is 9.78. The second-order valence-electron chi connectivity index (χ2n) is 9.03. The maximum absolute atomic E-state index is 6.18. The fourth-order valence-corrected chi connectivity index (χ4v) is 4.07. The number of benzene rings is 1. The van der Waals surface area contributed by atoms with Gasteiger partial charge in [0.1, 0.15) is 0 Å². The lowest BCUT2D eigenvalue weighted by Gasteiger charge is -2.38. The molecular formula is C20H31BN2O2. The van der Waals surface area contributed by atoms with E-state index in [0.717, 1.165) is 5.46 Å². The van der Waals surface area contributed by atoms with Crippen molar-refractivity contribution in [2.24, 2.45) is 0 Å². The molecule has 3 fully saturated rings. The van der Waals surface area contributed by atoms with Crippen LogP contribution in [-0.2, 0) is 14.8 Å². The van der Waals surface area contributed by atoms with Gasteiger partial charge in [0.25, 0.3) is 0 Å². The maximum atomic E-state index is 6.18. The molecule has 5 heteroatoms. The summed E-state index contributed by atoms with van der Waals surface area (Å²) in [6, 6.07) is 9.00. The SMILES string of the molecule is CN1CCN(C2(c3ccc(B4OC(C)(C)C(C)(C)O4)cc3)CC2)CC1. The van der Waals surface area contributed by atoms with Crippen molar-refractivity contribution in [2.45, 2.75) is 57.3 Å². The Morgan fingerprint density at radius 1 is 0.840 bits per heavy atom. The molecule has 25 heavy (non-hydrogen) atoms. The number of rotatable bonds is 3. The van der Waals surface area contributed by atoms with E-state index in [1.165, 1.54) is 44.6 Å². The van der Waals surface area contributed by atoms with Crippen LogP contribution in [-0.4, -0.2) is 61.3 Å². The first-order valence-corrected chi connectivity index (χ1v) is 9.63. The minimum atomic E-state index is -0.284. The average Bonchev–Trinajstić information content (AvgIpc) is 3.32. The van der Waals surface area contributed by atoms with Crippen LogP contribution < -0.4 is 5.46 Å². The third-order valence-corrected chi connectivity index (χ3v) is 6.81. The smallest absolute Gasteiger partial charge is 0.399 e. The van der Waals surface area contributed by atoms with Crippen molar-refractivity contribution in [1.29, 1.82) is 0 Å². The minimum absolute atomic E-state index is 0.266. The lowest BCUT2D eigenvalue weighted by Crippen LogP contribution is -2.49. The van der Waals surface area contributed by atoms with Crippen molar-refractivity contribution in [2.75, 3.05) is 33.2 Å². The average molecular weight is 342 g/mol. The summed E-state index contributed by atoms with van der Waals surface area (Å²) in [5.41, 5.74) is 2.30. The molecule has 1 saturated carbocycles. The molecule has 0 aromatic heterocycles. The molecule has 0 N–H and O–H groups in total. The maximum Gasteiger partial charge on any atom is 0.494 e. The van der Waals surface area contributed by atoms with Gasteiger partial charge in [-0.1, -0.05) is 24.3 Å². The molecule has 1 aromatic carbocycles. The van der Waals surface area contributed by atoms with Gasteiger partial charge in [0, 0.05) is 31.7 Å². The van der Waals surface area contributed by atoms with Crippen molar-refractivity contribution in [3.05, 3.63) is 29.8 Å². The van der Waals surface area contributed by atoms with Gasteiger partial charge in [0.15, 0.2) is 0 Å². The molecule has 0 unspecified atom stereocenters. The van der Waals surface area contributed by atoms with Gasteiger partial charge in [-0.25, -0.2) is 0 Å². The van der Waals surface area contributed by atoms with E-state index in [2.05, 4.69) is 68.8 Å². The Kier molecular flexibility index (Phi) is 4.08. The quantitative estimate of drug-likeness (QED) is 0.787. The van der Waals surface area contributed by atoms with Gasteiger partial charge in [-0.3, -0.25) is 4.90 Å². The number of likely N-dealkylation sites (N-methyl/N-ethyl adjacent to an activating group) is 1. The molecule has 1 aromatic rings. The standard InChI is InChI=1S/C20H31BN2O2/c1-18(2)19(3,4)25-21(24-18)17-8-6-16(7-9-17)20(10-11-20)23-14-12-22(5)13-15-23/h6-9H,10-15H2,1-5H3. The number of hydrogen-bond acceptors (Lipinski definition) is 4. The van der Waals surface area contributed by atoms with Gasteiger partial charge in [-0.05, 0) is 58.6 Å². The van der Waals surface area contributed by atoms with Crippen molar-refractivity contribution < 1.29 is 9.31 Å². The van der Waals surface area contributed by atoms with Gasteiger partial charge >= 0.3 is 7.12 Å². The summed E-state index contributed by atoms with van der Waals surface area (Å²) < 4.78 is 12.4. The van der Waals surface area contributed by atoms with Crippen LogP contribution in [0.2, 0.25) is 0 Å². The van der Waals surface area contributed by atoms with E-state index >= 15 is 0 Å². The highest BCUT2D eigenvalue weighted by molar-refractivity contribution is 6.62. The molecule has 0 atom stereocenters. The number of hydrogen-bond donors (Lipinski definition) is 0. The van der Waals surface area contributed by atoms with Crippen LogP contribution in [0.25, 0.3) is 0 Å². The van der Waals surface area contributed by atoms with Gasteiger partial charge in [-0.15, -0.1) is 0 Å². The summed E-state index contributed by atoms with van der Waals surface area (Å²) in [6.45, 7) is 13.1. The molecule has 3 aliphatic rings. The second-order valence-corrected chi connectivity index (χ2v) is 9.03. The largest absolute Gasteiger partial charge is 0.494 e. The molecule has 2 aliphatic heterocycles. The zero-order valence-electron chi connectivity index (χ0n) is 16.3. The molecule has 2 saturated heterocycles. The summed E-state index contributed by atoms with van der Waals surface area (Å²) in [7, 11) is 1.95. The summed E-state index contributed by atoms with van der Waals surface area (Å²) in [6.07, 6.45) is 2.57. The van der Waals surface area contributed by atoms with Crippen molar-refractivity contribution in [1.82, 2.24) is 9.80 Å². The highest BCUT2D eigenvalue weighted by atomic mass is 16.7. The van der Waals surface area contributed by atoms with Gasteiger partial charge in [0.05, 0.1) is 11.2 Å². The van der Waals surface area contributed by atoms with Crippen LogP contribution in [0.1, 0.15) is 46.1 Å². The van der Waals surface area contributed by atoms with Crippen molar-refractivity contribution >= 4 is 12.6 Å². The molecule has 0 spiro atoms. The minimum Gasteiger partial charge on any atom is -0.399 e. The predicted octanol–water partition coefficient (Wildman–Crippen LogP) is 2.22. The first kappa shape index (κ1) is 17.5. The highest BCUT2D eigenvalue weighted by Crippen LogP contribution is 2.51. The fourth-order valence-electron chi connectivity index (χ4n) is 4.07. The summed E-state index contributed by atoms with van der Waals surface area (Å²) in [4.78, 5) is 5.12. The van der Waals surface area contributed by atoms with E-state index < -0.39 is 0 Å². The Balaban J connectivity index is 1.50. The van der Waals surface area contributed by atoms with E-state index in [4.69, 9.17) is 9.31 Å². The highest BCUT2D eigenvalue weighted by Gasteiger charge is 2.52. The summed E-state index contributed by atoms with van der Waals surface area (Å²) in [5, 5.41) is 0. The zero-order chi connectivity index (χ0) is 17.9. The molecule has 4 rings (SSSR count). The van der Waals surface area contributed by atoms with Crippen molar-refractivity contribution in [3.63, 3.8) is 0 Å². The van der Waals surface area contributed by atoms with Crippen LogP contribution in [0.5, 0.6) is 0 Å². The fraction of sp³-hybridized carbons (Fsp3) is 0.700. The number of nitrogens with zero attached hydrogens (tertiary/aromatic N) is 2. The van der Waals surface area contributed by atoms with E-state index in [1.54, 1.807) is 0 Å². The van der Waals surface area contributed by atoms with Crippen LogP contribution in [0.3, 0.4) is 0 Å². The molecular weight excluding hydrogens is 311 g/mol. The molecule has 136 valence electrons. The zero-order valence-corrected chi connectivity index (χ0v) is 16.3. The Hall–Kier alpha value is -0.875. The molecule has 0 amide bonds. The van der Waals surface area contributed by atoms with E-state index in [1.807, 2.05) is 0 Å². The van der Waals surface area contributed by atoms with E-state index in [0.29, 0.717) is 0 Å². The van der Waals surface area contributed by atoms with E-state index in [-0.39, 0.29) is 23.9 Å². The van der Waals surface area contributed by atoms with Crippen LogP contribution in [0, 0.1) is 0 Å². The van der Waals surface area contributed by atoms with Crippen LogP contribution >= 0.6 is 0 Å². The molecule has 1 aliphatic carbocycles. The molecule has 4 nitrogen and oxygen atoms in total. The third kappa shape index (κ3) is 2.95. The lowest BCUT2D eigenvalue weighted by molar-refractivity contribution is 0.00578. The first-order chi connectivity index (χ1) is 11.7. The molecule has 0 bridgehead atoms. The van der Waals surface area contributed by atoms with Crippen LogP contribution in [0.15, 0.2) is 24.3 Å². The topological polar surface area (TPSA) is 24.9 Å². The Morgan fingerprint density at radius 2 is 1.36 bits per heavy atom. The third-order valence-electron chi connectivity index (χ3n) is 6.81. The molecule has 2 heterocycles. The number of piperazine rings is 1. The van der Waals surface area contributed by atoms with Gasteiger partial charge < -0.3 is 14.2 Å². The Morgan fingerprint density at radius 3 is 1.84 bits per heavy atom. The second kappa shape index (κ2) is 5.81. The first-order valence-electron chi connectivity index (χ1n) is 9.63. The monoisotopic (exact) mass is 342 g/mol. The van der Waals surface area contributed by atoms with Gasteiger partial charge in [0.2, 0.25) is 0 Å². The van der Waals surface area contributed by atoms with Gasteiger partial charge in [-0.2, -0.15) is 0 Å². The Labute approximate surface area is 152 Å². The predicted molar refractivity (Wildman–Crippen MR) is 102 cm³/mol. The normalized spacial score (nSPS) is 28.3. The van der Waals surface area contributed by atoms with E-state index in [9.17, 15) is 0 Å². The Bertz CT molecular complexity index is 616.